The summed E-state index contributed by atoms with van der Waals surface area (Å²) in [4.78, 5) is 19.5. The Kier molecular flexibility index (Phi) is 4.83. The van der Waals surface area contributed by atoms with Gasteiger partial charge in [-0.1, -0.05) is 30.3 Å². The van der Waals surface area contributed by atoms with Gasteiger partial charge in [-0.15, -0.1) is 0 Å². The van der Waals surface area contributed by atoms with E-state index in [0.29, 0.717) is 36.0 Å². The van der Waals surface area contributed by atoms with Crippen molar-refractivity contribution >= 4 is 16.9 Å². The molecule has 3 heterocycles. The fourth-order valence-electron chi connectivity index (χ4n) is 4.02. The minimum Gasteiger partial charge on any atom is -0.451 e. The number of piperidine rings is 1. The molecule has 0 unspecified atom stereocenters. The number of furan rings is 1. The van der Waals surface area contributed by atoms with E-state index in [2.05, 4.69) is 4.98 Å². The standard InChI is InChI=1S/C24H21FN2O3/c25-18-10-8-16(9-11-18)13-19-15-26-23(29-19)20-6-3-4-12-27(20)24(28)22-14-17-5-1-2-7-21(17)30-22/h1-2,5,7-11,14-15,20H,3-4,6,12-13H2/t20-/m0/s1. The minimum atomic E-state index is -0.265. The quantitative estimate of drug-likeness (QED) is 0.449. The van der Waals surface area contributed by atoms with Crippen molar-refractivity contribution < 1.29 is 18.0 Å². The molecule has 152 valence electrons. The Morgan fingerprint density at radius 1 is 1.10 bits per heavy atom. The zero-order valence-corrected chi connectivity index (χ0v) is 16.4. The summed E-state index contributed by atoms with van der Waals surface area (Å²) in [6.07, 6.45) is 4.95. The van der Waals surface area contributed by atoms with Gasteiger partial charge in [0.05, 0.1) is 6.20 Å². The molecule has 5 rings (SSSR count). The van der Waals surface area contributed by atoms with Crippen molar-refractivity contribution in [3.05, 3.63) is 89.6 Å². The van der Waals surface area contributed by atoms with Crippen molar-refractivity contribution in [3.8, 4) is 0 Å². The van der Waals surface area contributed by atoms with Gasteiger partial charge in [0, 0.05) is 18.4 Å². The highest BCUT2D eigenvalue weighted by atomic mass is 19.1. The average molecular weight is 404 g/mol. The molecule has 0 radical (unpaired) electrons. The Morgan fingerprint density at radius 2 is 1.93 bits per heavy atom. The number of rotatable bonds is 4. The first-order chi connectivity index (χ1) is 14.7. The molecule has 0 N–H and O–H groups in total. The van der Waals surface area contributed by atoms with Crippen LogP contribution in [-0.4, -0.2) is 22.3 Å². The Hall–Kier alpha value is -3.41. The first-order valence-electron chi connectivity index (χ1n) is 10.2. The zero-order valence-electron chi connectivity index (χ0n) is 16.4. The van der Waals surface area contributed by atoms with E-state index in [1.807, 2.05) is 24.3 Å². The van der Waals surface area contributed by atoms with Crippen LogP contribution in [0.25, 0.3) is 11.0 Å². The van der Waals surface area contributed by atoms with Crippen molar-refractivity contribution in [2.45, 2.75) is 31.7 Å². The lowest BCUT2D eigenvalue weighted by atomic mass is 10.0. The molecule has 0 aliphatic carbocycles. The Labute approximate surface area is 173 Å². The van der Waals surface area contributed by atoms with Crippen molar-refractivity contribution in [1.29, 1.82) is 0 Å². The number of halogens is 1. The molecule has 2 aromatic carbocycles. The van der Waals surface area contributed by atoms with Gasteiger partial charge in [0.1, 0.15) is 23.2 Å². The van der Waals surface area contributed by atoms with Gasteiger partial charge >= 0.3 is 0 Å². The summed E-state index contributed by atoms with van der Waals surface area (Å²) in [5.41, 5.74) is 1.64. The third kappa shape index (κ3) is 3.61. The Bertz CT molecular complexity index is 1150. The van der Waals surface area contributed by atoms with Crippen LogP contribution < -0.4 is 0 Å². The molecule has 1 amide bonds. The highest BCUT2D eigenvalue weighted by molar-refractivity contribution is 5.96. The lowest BCUT2D eigenvalue weighted by Crippen LogP contribution is -2.38. The van der Waals surface area contributed by atoms with Crippen LogP contribution in [0.15, 0.2) is 69.6 Å². The molecule has 1 saturated heterocycles. The van der Waals surface area contributed by atoms with Crippen molar-refractivity contribution in [1.82, 2.24) is 9.88 Å². The van der Waals surface area contributed by atoms with Gasteiger partial charge in [-0.2, -0.15) is 0 Å². The van der Waals surface area contributed by atoms with Crippen LogP contribution in [0.1, 0.15) is 53.1 Å². The Balaban J connectivity index is 1.38. The maximum atomic E-state index is 13.2. The molecule has 1 fully saturated rings. The Morgan fingerprint density at radius 3 is 2.77 bits per heavy atom. The molecule has 30 heavy (non-hydrogen) atoms. The fourth-order valence-corrected chi connectivity index (χ4v) is 4.02. The summed E-state index contributed by atoms with van der Waals surface area (Å²) in [7, 11) is 0. The summed E-state index contributed by atoms with van der Waals surface area (Å²) in [6.45, 7) is 0.635. The molecule has 0 saturated carbocycles. The van der Waals surface area contributed by atoms with Crippen LogP contribution in [0.4, 0.5) is 4.39 Å². The largest absolute Gasteiger partial charge is 0.451 e. The molecule has 0 bridgehead atoms. The minimum absolute atomic E-state index is 0.144. The van der Waals surface area contributed by atoms with Gasteiger partial charge in [0.25, 0.3) is 5.91 Å². The molecule has 4 aromatic rings. The lowest BCUT2D eigenvalue weighted by Gasteiger charge is -2.33. The van der Waals surface area contributed by atoms with E-state index in [4.69, 9.17) is 8.83 Å². The van der Waals surface area contributed by atoms with E-state index in [1.54, 1.807) is 29.3 Å². The number of carbonyl (C=O) groups is 1. The number of amides is 1. The molecule has 1 aliphatic rings. The van der Waals surface area contributed by atoms with Gasteiger partial charge in [-0.25, -0.2) is 9.37 Å². The number of oxazole rings is 1. The van der Waals surface area contributed by atoms with E-state index in [0.717, 1.165) is 30.2 Å². The maximum Gasteiger partial charge on any atom is 0.290 e. The van der Waals surface area contributed by atoms with Crippen LogP contribution >= 0.6 is 0 Å². The molecule has 5 nitrogen and oxygen atoms in total. The van der Waals surface area contributed by atoms with Gasteiger partial charge in [0.15, 0.2) is 5.76 Å². The predicted octanol–water partition coefficient (Wildman–Crippen LogP) is 5.52. The molecule has 6 heteroatoms. The van der Waals surface area contributed by atoms with Crippen LogP contribution in [0.5, 0.6) is 0 Å². The fraction of sp³-hybridized carbons (Fsp3) is 0.250. The monoisotopic (exact) mass is 404 g/mol. The van der Waals surface area contributed by atoms with Gasteiger partial charge in [0.2, 0.25) is 5.89 Å². The highest BCUT2D eigenvalue weighted by Gasteiger charge is 2.33. The topological polar surface area (TPSA) is 59.5 Å². The number of fused-ring (bicyclic) bond motifs is 1. The van der Waals surface area contributed by atoms with Crippen LogP contribution in [0.3, 0.4) is 0 Å². The number of likely N-dealkylation sites (tertiary alicyclic amines) is 1. The summed E-state index contributed by atoms with van der Waals surface area (Å²) in [6, 6.07) is 15.5. The average Bonchev–Trinajstić information content (AvgIpc) is 3.42. The number of para-hydroxylation sites is 1. The van der Waals surface area contributed by atoms with Gasteiger partial charge in [-0.3, -0.25) is 4.79 Å². The van der Waals surface area contributed by atoms with Crippen molar-refractivity contribution in [3.63, 3.8) is 0 Å². The SMILES string of the molecule is O=C(c1cc2ccccc2o1)N1CCCC[C@H]1c1ncc(Cc2ccc(F)cc2)o1. The third-order valence-corrected chi connectivity index (χ3v) is 5.55. The first-order valence-corrected chi connectivity index (χ1v) is 10.2. The second-order valence-electron chi connectivity index (χ2n) is 7.63. The second kappa shape index (κ2) is 7.78. The number of benzene rings is 2. The maximum absolute atomic E-state index is 13.2. The van der Waals surface area contributed by atoms with Gasteiger partial charge < -0.3 is 13.7 Å². The summed E-state index contributed by atoms with van der Waals surface area (Å²) in [5, 5.41) is 0.909. The van der Waals surface area contributed by atoms with E-state index in [9.17, 15) is 9.18 Å². The molecule has 1 aliphatic heterocycles. The smallest absolute Gasteiger partial charge is 0.290 e. The molecule has 2 aromatic heterocycles. The summed E-state index contributed by atoms with van der Waals surface area (Å²) >= 11 is 0. The normalized spacial score (nSPS) is 16.8. The number of hydrogen-bond acceptors (Lipinski definition) is 4. The van der Waals surface area contributed by atoms with E-state index in [1.165, 1.54) is 12.1 Å². The van der Waals surface area contributed by atoms with Crippen LogP contribution in [0.2, 0.25) is 0 Å². The highest BCUT2D eigenvalue weighted by Crippen LogP contribution is 2.33. The predicted molar refractivity (Wildman–Crippen MR) is 110 cm³/mol. The van der Waals surface area contributed by atoms with Crippen molar-refractivity contribution in [2.75, 3.05) is 6.54 Å². The zero-order chi connectivity index (χ0) is 20.5. The summed E-state index contributed by atoms with van der Waals surface area (Å²) in [5.74, 6) is 1.16. The van der Waals surface area contributed by atoms with Crippen molar-refractivity contribution in [2.24, 2.45) is 0 Å². The lowest BCUT2D eigenvalue weighted by molar-refractivity contribution is 0.0540. The van der Waals surface area contributed by atoms with E-state index < -0.39 is 0 Å². The number of hydrogen-bond donors (Lipinski definition) is 0. The molecule has 0 spiro atoms. The van der Waals surface area contributed by atoms with Crippen LogP contribution in [-0.2, 0) is 6.42 Å². The van der Waals surface area contributed by atoms with Crippen LogP contribution in [0, 0.1) is 5.82 Å². The number of aromatic nitrogens is 1. The molecular weight excluding hydrogens is 383 g/mol. The third-order valence-electron chi connectivity index (χ3n) is 5.55. The van der Waals surface area contributed by atoms with E-state index in [-0.39, 0.29) is 17.8 Å². The number of carbonyl (C=O) groups excluding carboxylic acids is 1. The van der Waals surface area contributed by atoms with Gasteiger partial charge in [-0.05, 0) is 49.1 Å². The molecule has 1 atom stereocenters. The first kappa shape index (κ1) is 18.6. The number of nitrogens with zero attached hydrogens (tertiary/aromatic N) is 2. The molecular formula is C24H21FN2O3. The second-order valence-corrected chi connectivity index (χ2v) is 7.63. The van der Waals surface area contributed by atoms with E-state index >= 15 is 0 Å². The summed E-state index contributed by atoms with van der Waals surface area (Å²) < 4.78 is 24.9.